The maximum Gasteiger partial charge on any atom is 0.320 e. The van der Waals surface area contributed by atoms with Crippen LogP contribution in [0.1, 0.15) is 13.8 Å². The van der Waals surface area contributed by atoms with Crippen molar-refractivity contribution in [3.05, 3.63) is 24.3 Å². The molecule has 104 valence electrons. The lowest BCUT2D eigenvalue weighted by atomic mass is 10.3. The van der Waals surface area contributed by atoms with Gasteiger partial charge in [-0.05, 0) is 38.1 Å². The SMILES string of the molecule is CCOc1ccc(NC(=O)CN[C@H](C)C(=O)O)cc1. The minimum Gasteiger partial charge on any atom is -0.494 e. The zero-order valence-corrected chi connectivity index (χ0v) is 11.0. The van der Waals surface area contributed by atoms with Crippen LogP contribution in [0.15, 0.2) is 24.3 Å². The molecule has 0 unspecified atom stereocenters. The number of nitrogens with one attached hydrogen (secondary N) is 2. The van der Waals surface area contributed by atoms with Gasteiger partial charge < -0.3 is 15.2 Å². The van der Waals surface area contributed by atoms with Crippen LogP contribution >= 0.6 is 0 Å². The largest absolute Gasteiger partial charge is 0.494 e. The number of anilines is 1. The summed E-state index contributed by atoms with van der Waals surface area (Å²) in [5, 5.41) is 13.9. The lowest BCUT2D eigenvalue weighted by Crippen LogP contribution is -2.39. The Morgan fingerprint density at radius 1 is 1.32 bits per heavy atom. The van der Waals surface area contributed by atoms with Gasteiger partial charge in [0, 0.05) is 5.69 Å². The fourth-order valence-corrected chi connectivity index (χ4v) is 1.34. The van der Waals surface area contributed by atoms with E-state index in [4.69, 9.17) is 9.84 Å². The van der Waals surface area contributed by atoms with Crippen LogP contribution in [0, 0.1) is 0 Å². The number of rotatable bonds is 7. The van der Waals surface area contributed by atoms with E-state index < -0.39 is 12.0 Å². The van der Waals surface area contributed by atoms with Gasteiger partial charge >= 0.3 is 5.97 Å². The third-order valence-electron chi connectivity index (χ3n) is 2.39. The van der Waals surface area contributed by atoms with Crippen LogP contribution in [0.2, 0.25) is 0 Å². The van der Waals surface area contributed by atoms with Gasteiger partial charge in [-0.15, -0.1) is 0 Å². The van der Waals surface area contributed by atoms with Gasteiger partial charge in [-0.3, -0.25) is 14.9 Å². The number of benzene rings is 1. The molecule has 1 aromatic rings. The summed E-state index contributed by atoms with van der Waals surface area (Å²) in [6.45, 7) is 3.90. The van der Waals surface area contributed by atoms with E-state index in [1.165, 1.54) is 6.92 Å². The average Bonchev–Trinajstić information content (AvgIpc) is 2.38. The maximum absolute atomic E-state index is 11.6. The van der Waals surface area contributed by atoms with Crippen LogP contribution in [-0.2, 0) is 9.59 Å². The van der Waals surface area contributed by atoms with Crippen LogP contribution < -0.4 is 15.4 Å². The first-order chi connectivity index (χ1) is 9.02. The smallest absolute Gasteiger partial charge is 0.320 e. The van der Waals surface area contributed by atoms with Crippen molar-refractivity contribution in [2.75, 3.05) is 18.5 Å². The third kappa shape index (κ3) is 5.39. The van der Waals surface area contributed by atoms with Crippen molar-refractivity contribution < 1.29 is 19.4 Å². The van der Waals surface area contributed by atoms with E-state index in [2.05, 4.69) is 10.6 Å². The highest BCUT2D eigenvalue weighted by Crippen LogP contribution is 2.15. The lowest BCUT2D eigenvalue weighted by Gasteiger charge is -2.10. The molecule has 0 saturated heterocycles. The molecule has 0 aliphatic heterocycles. The Balaban J connectivity index is 2.41. The lowest BCUT2D eigenvalue weighted by molar-refractivity contribution is -0.139. The van der Waals surface area contributed by atoms with E-state index in [9.17, 15) is 9.59 Å². The molecular formula is C13H18N2O4. The van der Waals surface area contributed by atoms with E-state index in [1.807, 2.05) is 6.92 Å². The molecule has 0 heterocycles. The van der Waals surface area contributed by atoms with E-state index in [0.717, 1.165) is 5.75 Å². The Morgan fingerprint density at radius 3 is 2.47 bits per heavy atom. The summed E-state index contributed by atoms with van der Waals surface area (Å²) < 4.78 is 5.28. The Hall–Kier alpha value is -2.08. The Bertz CT molecular complexity index is 431. The number of carboxylic acid groups (broad SMARTS) is 1. The monoisotopic (exact) mass is 266 g/mol. The number of hydrogen-bond acceptors (Lipinski definition) is 4. The van der Waals surface area contributed by atoms with Gasteiger partial charge in [-0.25, -0.2) is 0 Å². The molecule has 1 amide bonds. The molecule has 1 aromatic carbocycles. The molecule has 1 rings (SSSR count). The standard InChI is InChI=1S/C13H18N2O4/c1-3-19-11-6-4-10(5-7-11)15-12(16)8-14-9(2)13(17)18/h4-7,9,14H,3,8H2,1-2H3,(H,15,16)(H,17,18)/t9-/m1/s1. The van der Waals surface area contributed by atoms with Crippen molar-refractivity contribution in [3.63, 3.8) is 0 Å². The quantitative estimate of drug-likeness (QED) is 0.687. The highest BCUT2D eigenvalue weighted by atomic mass is 16.5. The number of ether oxygens (including phenoxy) is 1. The first-order valence-corrected chi connectivity index (χ1v) is 6.01. The predicted molar refractivity (Wildman–Crippen MR) is 71.3 cm³/mol. The fraction of sp³-hybridized carbons (Fsp3) is 0.385. The Kier molecular flexibility index (Phi) is 5.81. The molecule has 0 spiro atoms. The van der Waals surface area contributed by atoms with Crippen molar-refractivity contribution in [2.24, 2.45) is 0 Å². The molecule has 3 N–H and O–H groups in total. The van der Waals surface area contributed by atoms with Crippen molar-refractivity contribution in [1.29, 1.82) is 0 Å². The van der Waals surface area contributed by atoms with Gasteiger partial charge in [-0.2, -0.15) is 0 Å². The summed E-state index contributed by atoms with van der Waals surface area (Å²) in [4.78, 5) is 22.1. The zero-order chi connectivity index (χ0) is 14.3. The number of aliphatic carboxylic acids is 1. The van der Waals surface area contributed by atoms with Crippen LogP contribution in [-0.4, -0.2) is 36.2 Å². The van der Waals surface area contributed by atoms with Crippen LogP contribution in [0.25, 0.3) is 0 Å². The molecule has 0 saturated carbocycles. The van der Waals surface area contributed by atoms with Crippen molar-refractivity contribution in [1.82, 2.24) is 5.32 Å². The molecule has 0 aliphatic carbocycles. The van der Waals surface area contributed by atoms with Crippen molar-refractivity contribution >= 4 is 17.6 Å². The van der Waals surface area contributed by atoms with Crippen LogP contribution in [0.4, 0.5) is 5.69 Å². The molecule has 0 radical (unpaired) electrons. The minimum absolute atomic E-state index is 0.0549. The third-order valence-corrected chi connectivity index (χ3v) is 2.39. The first-order valence-electron chi connectivity index (χ1n) is 6.01. The van der Waals surface area contributed by atoms with E-state index in [1.54, 1.807) is 24.3 Å². The molecule has 19 heavy (non-hydrogen) atoms. The molecule has 0 aliphatic rings. The minimum atomic E-state index is -0.992. The van der Waals surface area contributed by atoms with Gasteiger partial charge in [0.05, 0.1) is 13.2 Å². The predicted octanol–water partition coefficient (Wildman–Crippen LogP) is 1.09. The second-order valence-corrected chi connectivity index (χ2v) is 3.95. The normalized spacial score (nSPS) is 11.7. The van der Waals surface area contributed by atoms with E-state index in [0.29, 0.717) is 12.3 Å². The second kappa shape index (κ2) is 7.38. The molecule has 6 nitrogen and oxygen atoms in total. The summed E-state index contributed by atoms with van der Waals surface area (Å²) in [5.74, 6) is -0.552. The Labute approximate surface area is 111 Å². The first kappa shape index (κ1) is 15.0. The van der Waals surface area contributed by atoms with Crippen molar-refractivity contribution in [2.45, 2.75) is 19.9 Å². The summed E-state index contributed by atoms with van der Waals surface area (Å²) in [6.07, 6.45) is 0. The van der Waals surface area contributed by atoms with E-state index >= 15 is 0 Å². The van der Waals surface area contributed by atoms with Gasteiger partial charge in [0.2, 0.25) is 5.91 Å². The molecule has 1 atom stereocenters. The van der Waals surface area contributed by atoms with Crippen LogP contribution in [0.3, 0.4) is 0 Å². The molecule has 0 fully saturated rings. The number of amides is 1. The highest BCUT2D eigenvalue weighted by Gasteiger charge is 2.11. The zero-order valence-electron chi connectivity index (χ0n) is 11.0. The van der Waals surface area contributed by atoms with Gasteiger partial charge in [0.15, 0.2) is 0 Å². The van der Waals surface area contributed by atoms with Crippen LogP contribution in [0.5, 0.6) is 5.75 Å². The summed E-state index contributed by atoms with van der Waals surface area (Å²) in [6, 6.07) is 6.21. The molecular weight excluding hydrogens is 248 g/mol. The van der Waals surface area contributed by atoms with Crippen molar-refractivity contribution in [3.8, 4) is 5.75 Å². The van der Waals surface area contributed by atoms with E-state index in [-0.39, 0.29) is 12.5 Å². The Morgan fingerprint density at radius 2 is 1.95 bits per heavy atom. The number of carbonyl (C=O) groups excluding carboxylic acids is 1. The van der Waals surface area contributed by atoms with Gasteiger partial charge in [0.1, 0.15) is 11.8 Å². The van der Waals surface area contributed by atoms with Gasteiger partial charge in [0.25, 0.3) is 0 Å². The summed E-state index contributed by atoms with van der Waals surface area (Å²) in [5.41, 5.74) is 0.637. The summed E-state index contributed by atoms with van der Waals surface area (Å²) >= 11 is 0. The second-order valence-electron chi connectivity index (χ2n) is 3.95. The topological polar surface area (TPSA) is 87.7 Å². The average molecular weight is 266 g/mol. The fourth-order valence-electron chi connectivity index (χ4n) is 1.34. The number of carboxylic acids is 1. The maximum atomic E-state index is 11.6. The molecule has 6 heteroatoms. The molecule has 0 bridgehead atoms. The highest BCUT2D eigenvalue weighted by molar-refractivity contribution is 5.92. The number of hydrogen-bond donors (Lipinski definition) is 3. The number of carbonyl (C=O) groups is 2. The van der Waals surface area contributed by atoms with Gasteiger partial charge in [-0.1, -0.05) is 0 Å². The summed E-state index contributed by atoms with van der Waals surface area (Å²) in [7, 11) is 0. The molecule has 0 aromatic heterocycles.